The Labute approximate surface area is 140 Å². The standard InChI is InChI=1S/C18H18ClNO3/c1-13(21)14-4-2-5-16(12-14)20-18(22)6-3-11-23-17-9-7-15(19)8-10-17/h2,4-5,7-10,12H,3,6,11H2,1H3,(H,20,22). The molecule has 1 amide bonds. The number of halogens is 1. The number of ketones is 1. The summed E-state index contributed by atoms with van der Waals surface area (Å²) in [6, 6.07) is 14.0. The highest BCUT2D eigenvalue weighted by molar-refractivity contribution is 6.30. The van der Waals surface area contributed by atoms with E-state index >= 15 is 0 Å². The van der Waals surface area contributed by atoms with Crippen molar-refractivity contribution in [2.45, 2.75) is 19.8 Å². The molecule has 23 heavy (non-hydrogen) atoms. The number of Topliss-reactive ketones (excluding diaryl/α,β-unsaturated/α-hetero) is 1. The lowest BCUT2D eigenvalue weighted by Crippen LogP contribution is -2.13. The van der Waals surface area contributed by atoms with Crippen LogP contribution in [-0.4, -0.2) is 18.3 Å². The number of hydrogen-bond acceptors (Lipinski definition) is 3. The summed E-state index contributed by atoms with van der Waals surface area (Å²) in [5, 5.41) is 3.44. The van der Waals surface area contributed by atoms with Gasteiger partial charge in [0.25, 0.3) is 0 Å². The normalized spacial score (nSPS) is 10.2. The van der Waals surface area contributed by atoms with Crippen LogP contribution < -0.4 is 10.1 Å². The highest BCUT2D eigenvalue weighted by atomic mass is 35.5. The molecule has 0 aliphatic heterocycles. The van der Waals surface area contributed by atoms with Gasteiger partial charge in [-0.15, -0.1) is 0 Å². The number of rotatable bonds is 7. The van der Waals surface area contributed by atoms with Crippen LogP contribution in [-0.2, 0) is 4.79 Å². The molecule has 0 aliphatic carbocycles. The maximum atomic E-state index is 11.9. The number of anilines is 1. The Morgan fingerprint density at radius 3 is 2.57 bits per heavy atom. The Balaban J connectivity index is 1.74. The molecule has 0 aromatic heterocycles. The number of nitrogens with one attached hydrogen (secondary N) is 1. The molecule has 0 radical (unpaired) electrons. The second-order valence-electron chi connectivity index (χ2n) is 5.09. The molecule has 4 nitrogen and oxygen atoms in total. The van der Waals surface area contributed by atoms with E-state index in [0.717, 1.165) is 5.75 Å². The van der Waals surface area contributed by atoms with E-state index in [1.165, 1.54) is 6.92 Å². The minimum atomic E-state index is -0.106. The molecular formula is C18H18ClNO3. The van der Waals surface area contributed by atoms with Crippen LogP contribution in [0, 0.1) is 0 Å². The lowest BCUT2D eigenvalue weighted by molar-refractivity contribution is -0.116. The van der Waals surface area contributed by atoms with Crippen molar-refractivity contribution in [1.29, 1.82) is 0 Å². The lowest BCUT2D eigenvalue weighted by Gasteiger charge is -2.08. The average molecular weight is 332 g/mol. The Morgan fingerprint density at radius 2 is 1.87 bits per heavy atom. The van der Waals surface area contributed by atoms with Crippen LogP contribution in [0.2, 0.25) is 5.02 Å². The highest BCUT2D eigenvalue weighted by Gasteiger charge is 2.05. The van der Waals surface area contributed by atoms with Crippen molar-refractivity contribution in [3.05, 3.63) is 59.1 Å². The van der Waals surface area contributed by atoms with Gasteiger partial charge in [0.05, 0.1) is 6.61 Å². The third-order valence-corrected chi connectivity index (χ3v) is 3.44. The summed E-state index contributed by atoms with van der Waals surface area (Å²) in [4.78, 5) is 23.2. The molecule has 0 unspecified atom stereocenters. The van der Waals surface area contributed by atoms with Crippen LogP contribution in [0.3, 0.4) is 0 Å². The fraction of sp³-hybridized carbons (Fsp3) is 0.222. The predicted molar refractivity (Wildman–Crippen MR) is 91.3 cm³/mol. The lowest BCUT2D eigenvalue weighted by atomic mass is 10.1. The van der Waals surface area contributed by atoms with Gasteiger partial charge in [0.1, 0.15) is 5.75 Å². The molecule has 0 spiro atoms. The second kappa shape index (κ2) is 8.34. The van der Waals surface area contributed by atoms with Crippen LogP contribution in [0.5, 0.6) is 5.75 Å². The van der Waals surface area contributed by atoms with Crippen LogP contribution in [0.1, 0.15) is 30.1 Å². The zero-order valence-corrected chi connectivity index (χ0v) is 13.6. The molecule has 0 fully saturated rings. The van der Waals surface area contributed by atoms with E-state index < -0.39 is 0 Å². The first-order chi connectivity index (χ1) is 11.0. The summed E-state index contributed by atoms with van der Waals surface area (Å²) >= 11 is 5.79. The number of hydrogen-bond donors (Lipinski definition) is 1. The summed E-state index contributed by atoms with van der Waals surface area (Å²) in [7, 11) is 0. The van der Waals surface area contributed by atoms with Gasteiger partial charge in [-0.3, -0.25) is 9.59 Å². The first-order valence-electron chi connectivity index (χ1n) is 7.34. The van der Waals surface area contributed by atoms with Gasteiger partial charge in [-0.25, -0.2) is 0 Å². The molecule has 2 aromatic carbocycles. The van der Waals surface area contributed by atoms with Gasteiger partial charge in [-0.2, -0.15) is 0 Å². The number of ether oxygens (including phenoxy) is 1. The van der Waals surface area contributed by atoms with Crippen molar-refractivity contribution >= 4 is 29.0 Å². The number of carbonyl (C=O) groups excluding carboxylic acids is 2. The van der Waals surface area contributed by atoms with Crippen molar-refractivity contribution < 1.29 is 14.3 Å². The molecule has 5 heteroatoms. The molecule has 120 valence electrons. The van der Waals surface area contributed by atoms with Crippen LogP contribution >= 0.6 is 11.6 Å². The highest BCUT2D eigenvalue weighted by Crippen LogP contribution is 2.16. The Kier molecular flexibility index (Phi) is 6.18. The Morgan fingerprint density at radius 1 is 1.13 bits per heavy atom. The van der Waals surface area contributed by atoms with E-state index in [4.69, 9.17) is 16.3 Å². The fourth-order valence-corrected chi connectivity index (χ4v) is 2.12. The number of carbonyl (C=O) groups is 2. The molecule has 0 bridgehead atoms. The van der Waals surface area contributed by atoms with Crippen LogP contribution in [0.4, 0.5) is 5.69 Å². The molecular weight excluding hydrogens is 314 g/mol. The Bertz CT molecular complexity index is 683. The SMILES string of the molecule is CC(=O)c1cccc(NC(=O)CCCOc2ccc(Cl)cc2)c1. The molecule has 0 heterocycles. The van der Waals surface area contributed by atoms with Gasteiger partial charge in [0.15, 0.2) is 5.78 Å². The van der Waals surface area contributed by atoms with Crippen molar-refractivity contribution in [3.8, 4) is 5.75 Å². The largest absolute Gasteiger partial charge is 0.494 e. The summed E-state index contributed by atoms with van der Waals surface area (Å²) in [5.74, 6) is 0.590. The quantitative estimate of drug-likeness (QED) is 0.606. The zero-order valence-electron chi connectivity index (χ0n) is 12.8. The second-order valence-corrected chi connectivity index (χ2v) is 5.53. The summed E-state index contributed by atoms with van der Waals surface area (Å²) in [5.41, 5.74) is 1.20. The van der Waals surface area contributed by atoms with Crippen molar-refractivity contribution in [3.63, 3.8) is 0 Å². The first-order valence-corrected chi connectivity index (χ1v) is 7.71. The smallest absolute Gasteiger partial charge is 0.224 e. The van der Waals surface area contributed by atoms with Crippen molar-refractivity contribution in [2.24, 2.45) is 0 Å². The first kappa shape index (κ1) is 17.0. The minimum Gasteiger partial charge on any atom is -0.494 e. The minimum absolute atomic E-state index is 0.0301. The molecule has 1 N–H and O–H groups in total. The van der Waals surface area contributed by atoms with Gasteiger partial charge in [-0.05, 0) is 49.7 Å². The fourth-order valence-electron chi connectivity index (χ4n) is 1.99. The van der Waals surface area contributed by atoms with E-state index in [2.05, 4.69) is 5.32 Å². The third-order valence-electron chi connectivity index (χ3n) is 3.18. The van der Waals surface area contributed by atoms with Gasteiger partial charge < -0.3 is 10.1 Å². The maximum Gasteiger partial charge on any atom is 0.224 e. The summed E-state index contributed by atoms with van der Waals surface area (Å²) in [6.45, 7) is 1.94. The molecule has 2 aromatic rings. The molecule has 0 saturated carbocycles. The van der Waals surface area contributed by atoms with E-state index in [-0.39, 0.29) is 11.7 Å². The third kappa shape index (κ3) is 5.75. The van der Waals surface area contributed by atoms with E-state index in [1.54, 1.807) is 48.5 Å². The van der Waals surface area contributed by atoms with E-state index in [1.807, 2.05) is 0 Å². The topological polar surface area (TPSA) is 55.4 Å². The van der Waals surface area contributed by atoms with Crippen molar-refractivity contribution in [2.75, 3.05) is 11.9 Å². The predicted octanol–water partition coefficient (Wildman–Crippen LogP) is 4.34. The average Bonchev–Trinajstić information content (AvgIpc) is 2.53. The molecule has 0 saturated heterocycles. The zero-order chi connectivity index (χ0) is 16.7. The maximum absolute atomic E-state index is 11.9. The van der Waals surface area contributed by atoms with Crippen LogP contribution in [0.25, 0.3) is 0 Å². The van der Waals surface area contributed by atoms with E-state index in [0.29, 0.717) is 35.7 Å². The summed E-state index contributed by atoms with van der Waals surface area (Å²) < 4.78 is 5.53. The van der Waals surface area contributed by atoms with E-state index in [9.17, 15) is 9.59 Å². The van der Waals surface area contributed by atoms with Crippen molar-refractivity contribution in [1.82, 2.24) is 0 Å². The molecule has 2 rings (SSSR count). The number of benzene rings is 2. The van der Waals surface area contributed by atoms with Gasteiger partial charge in [0, 0.05) is 22.7 Å². The monoisotopic (exact) mass is 331 g/mol. The van der Waals surface area contributed by atoms with Gasteiger partial charge >= 0.3 is 0 Å². The van der Waals surface area contributed by atoms with Gasteiger partial charge in [-0.1, -0.05) is 23.7 Å². The van der Waals surface area contributed by atoms with Gasteiger partial charge in [0.2, 0.25) is 5.91 Å². The summed E-state index contributed by atoms with van der Waals surface area (Å²) in [6.07, 6.45) is 0.943. The van der Waals surface area contributed by atoms with Crippen LogP contribution in [0.15, 0.2) is 48.5 Å². The molecule has 0 atom stereocenters. The Hall–Kier alpha value is -2.33. The molecule has 0 aliphatic rings. The number of amides is 1.